The third-order valence-corrected chi connectivity index (χ3v) is 3.81. The van der Waals surface area contributed by atoms with Crippen molar-refractivity contribution < 1.29 is 4.79 Å². The molecule has 0 bridgehead atoms. The van der Waals surface area contributed by atoms with E-state index < -0.39 is 0 Å². The topological polar surface area (TPSA) is 62.5 Å². The van der Waals surface area contributed by atoms with Gasteiger partial charge in [-0.05, 0) is 31.6 Å². The van der Waals surface area contributed by atoms with Gasteiger partial charge in [0.1, 0.15) is 5.82 Å². The van der Waals surface area contributed by atoms with Crippen molar-refractivity contribution >= 4 is 11.7 Å². The number of amides is 1. The Hall–Kier alpha value is -1.62. The Labute approximate surface area is 114 Å². The molecule has 104 valence electrons. The number of likely N-dealkylation sites (tertiary alicyclic amines) is 1. The highest BCUT2D eigenvalue weighted by Crippen LogP contribution is 2.18. The van der Waals surface area contributed by atoms with Crippen LogP contribution in [-0.4, -0.2) is 52.9 Å². The number of nitrogens with zero attached hydrogens (tertiary/aromatic N) is 3. The highest BCUT2D eigenvalue weighted by Gasteiger charge is 2.29. The Kier molecular flexibility index (Phi) is 4.37. The van der Waals surface area contributed by atoms with Crippen molar-refractivity contribution in [1.82, 2.24) is 14.8 Å². The van der Waals surface area contributed by atoms with Gasteiger partial charge in [-0.3, -0.25) is 9.69 Å². The van der Waals surface area contributed by atoms with Crippen molar-refractivity contribution in [3.63, 3.8) is 0 Å². The lowest BCUT2D eigenvalue weighted by Gasteiger charge is -2.26. The lowest BCUT2D eigenvalue weighted by Crippen LogP contribution is -2.38. The van der Waals surface area contributed by atoms with E-state index in [0.717, 1.165) is 32.6 Å². The lowest BCUT2D eigenvalue weighted by molar-refractivity contribution is 0.0777. The van der Waals surface area contributed by atoms with Gasteiger partial charge in [0.15, 0.2) is 0 Å². The molecule has 1 saturated heterocycles. The third kappa shape index (κ3) is 3.04. The maximum Gasteiger partial charge on any atom is 0.255 e. The summed E-state index contributed by atoms with van der Waals surface area (Å²) < 4.78 is 0. The summed E-state index contributed by atoms with van der Waals surface area (Å²) in [6.07, 6.45) is 2.61. The van der Waals surface area contributed by atoms with Crippen LogP contribution < -0.4 is 5.73 Å². The highest BCUT2D eigenvalue weighted by molar-refractivity contribution is 5.94. The Balaban J connectivity index is 2.00. The molecule has 1 aliphatic rings. The fourth-order valence-corrected chi connectivity index (χ4v) is 2.68. The SMILES string of the molecule is CCN(CC)C1CCN(C(=O)c2ccc(N)nc2)C1. The first-order chi connectivity index (χ1) is 9.15. The van der Waals surface area contributed by atoms with Crippen LogP contribution in [0.3, 0.4) is 0 Å². The molecule has 2 rings (SSSR count). The van der Waals surface area contributed by atoms with E-state index >= 15 is 0 Å². The maximum absolute atomic E-state index is 12.3. The van der Waals surface area contributed by atoms with E-state index in [1.807, 2.05) is 4.90 Å². The molecule has 1 atom stereocenters. The van der Waals surface area contributed by atoms with Crippen LogP contribution in [-0.2, 0) is 0 Å². The van der Waals surface area contributed by atoms with Gasteiger partial charge in [0.25, 0.3) is 5.91 Å². The molecule has 0 spiro atoms. The van der Waals surface area contributed by atoms with Gasteiger partial charge in [-0.15, -0.1) is 0 Å². The highest BCUT2D eigenvalue weighted by atomic mass is 16.2. The Morgan fingerprint density at radius 2 is 2.21 bits per heavy atom. The van der Waals surface area contributed by atoms with Crippen LogP contribution in [0.25, 0.3) is 0 Å². The van der Waals surface area contributed by atoms with Gasteiger partial charge < -0.3 is 10.6 Å². The van der Waals surface area contributed by atoms with Crippen molar-refractivity contribution in [2.24, 2.45) is 0 Å². The van der Waals surface area contributed by atoms with E-state index in [4.69, 9.17) is 5.73 Å². The number of hydrogen-bond donors (Lipinski definition) is 1. The minimum atomic E-state index is 0.0576. The largest absolute Gasteiger partial charge is 0.384 e. The third-order valence-electron chi connectivity index (χ3n) is 3.81. The van der Waals surface area contributed by atoms with E-state index in [9.17, 15) is 4.79 Å². The van der Waals surface area contributed by atoms with Crippen LogP contribution in [0.2, 0.25) is 0 Å². The standard InChI is InChI=1S/C14H22N4O/c1-3-17(4-2)12-7-8-18(10-12)14(19)11-5-6-13(15)16-9-11/h5-6,9,12H,3-4,7-8,10H2,1-2H3,(H2,15,16). The van der Waals surface area contributed by atoms with E-state index in [1.54, 1.807) is 18.3 Å². The summed E-state index contributed by atoms with van der Waals surface area (Å²) in [5.74, 6) is 0.501. The van der Waals surface area contributed by atoms with Gasteiger partial charge in [-0.25, -0.2) is 4.98 Å². The first-order valence-corrected chi connectivity index (χ1v) is 6.90. The molecule has 1 aliphatic heterocycles. The molecule has 0 aromatic carbocycles. The van der Waals surface area contributed by atoms with Crippen molar-refractivity contribution in [3.8, 4) is 0 Å². The quantitative estimate of drug-likeness (QED) is 0.886. The van der Waals surface area contributed by atoms with Crippen LogP contribution in [0, 0.1) is 0 Å². The first kappa shape index (κ1) is 13.8. The molecule has 0 aliphatic carbocycles. The number of pyridine rings is 1. The number of aromatic nitrogens is 1. The molecule has 1 aromatic heterocycles. The van der Waals surface area contributed by atoms with E-state index in [1.165, 1.54) is 0 Å². The summed E-state index contributed by atoms with van der Waals surface area (Å²) in [5, 5.41) is 0. The zero-order valence-electron chi connectivity index (χ0n) is 11.7. The molecule has 5 nitrogen and oxygen atoms in total. The number of likely N-dealkylation sites (N-methyl/N-ethyl adjacent to an activating group) is 1. The fourth-order valence-electron chi connectivity index (χ4n) is 2.68. The number of hydrogen-bond acceptors (Lipinski definition) is 4. The molecule has 1 unspecified atom stereocenters. The van der Waals surface area contributed by atoms with E-state index in [-0.39, 0.29) is 5.91 Å². The van der Waals surface area contributed by atoms with Crippen LogP contribution in [0.5, 0.6) is 0 Å². The summed E-state index contributed by atoms with van der Waals surface area (Å²) >= 11 is 0. The van der Waals surface area contributed by atoms with E-state index in [2.05, 4.69) is 23.7 Å². The molecule has 2 N–H and O–H groups in total. The predicted octanol–water partition coefficient (Wildman–Crippen LogP) is 1.22. The zero-order valence-corrected chi connectivity index (χ0v) is 11.7. The van der Waals surface area contributed by atoms with Crippen LogP contribution >= 0.6 is 0 Å². The number of rotatable bonds is 4. The molecule has 0 radical (unpaired) electrons. The van der Waals surface area contributed by atoms with Crippen molar-refractivity contribution in [1.29, 1.82) is 0 Å². The zero-order chi connectivity index (χ0) is 13.8. The van der Waals surface area contributed by atoms with Crippen LogP contribution in [0.15, 0.2) is 18.3 Å². The molecular weight excluding hydrogens is 240 g/mol. The van der Waals surface area contributed by atoms with Crippen molar-refractivity contribution in [2.45, 2.75) is 26.3 Å². The van der Waals surface area contributed by atoms with Crippen molar-refractivity contribution in [2.75, 3.05) is 31.9 Å². The van der Waals surface area contributed by atoms with Gasteiger partial charge in [0, 0.05) is 25.3 Å². The normalized spacial score (nSPS) is 19.1. The monoisotopic (exact) mass is 262 g/mol. The average molecular weight is 262 g/mol. The number of carbonyl (C=O) groups excluding carboxylic acids is 1. The van der Waals surface area contributed by atoms with Crippen molar-refractivity contribution in [3.05, 3.63) is 23.9 Å². The molecule has 0 saturated carbocycles. The smallest absolute Gasteiger partial charge is 0.255 e. The summed E-state index contributed by atoms with van der Waals surface area (Å²) in [5.41, 5.74) is 6.16. The number of nitrogens with two attached hydrogens (primary N) is 1. The van der Waals surface area contributed by atoms with Gasteiger partial charge in [-0.2, -0.15) is 0 Å². The van der Waals surface area contributed by atoms with Gasteiger partial charge in [-0.1, -0.05) is 13.8 Å². The average Bonchev–Trinajstić information content (AvgIpc) is 2.90. The summed E-state index contributed by atoms with van der Waals surface area (Å²) in [6.45, 7) is 8.03. The Morgan fingerprint density at radius 3 is 2.79 bits per heavy atom. The Morgan fingerprint density at radius 1 is 1.47 bits per heavy atom. The maximum atomic E-state index is 12.3. The molecule has 1 amide bonds. The summed E-state index contributed by atoms with van der Waals surface area (Å²) in [4.78, 5) is 20.6. The molecule has 1 fully saturated rings. The van der Waals surface area contributed by atoms with Gasteiger partial charge in [0.2, 0.25) is 0 Å². The lowest BCUT2D eigenvalue weighted by atomic mass is 10.2. The second-order valence-electron chi connectivity index (χ2n) is 4.89. The second-order valence-corrected chi connectivity index (χ2v) is 4.89. The number of anilines is 1. The molecule has 2 heterocycles. The number of nitrogen functional groups attached to an aromatic ring is 1. The van der Waals surface area contributed by atoms with Crippen LogP contribution in [0.1, 0.15) is 30.6 Å². The predicted molar refractivity (Wildman–Crippen MR) is 75.9 cm³/mol. The van der Waals surface area contributed by atoms with E-state index in [0.29, 0.717) is 17.4 Å². The first-order valence-electron chi connectivity index (χ1n) is 6.90. The molecular formula is C14H22N4O. The van der Waals surface area contributed by atoms with Gasteiger partial charge in [0.05, 0.1) is 5.56 Å². The number of carbonyl (C=O) groups is 1. The minimum absolute atomic E-state index is 0.0576. The minimum Gasteiger partial charge on any atom is -0.384 e. The molecule has 1 aromatic rings. The van der Waals surface area contributed by atoms with Crippen LogP contribution in [0.4, 0.5) is 5.82 Å². The molecule has 5 heteroatoms. The fraction of sp³-hybridized carbons (Fsp3) is 0.571. The summed E-state index contributed by atoms with van der Waals surface area (Å²) in [6, 6.07) is 3.90. The van der Waals surface area contributed by atoms with Gasteiger partial charge >= 0.3 is 0 Å². The summed E-state index contributed by atoms with van der Waals surface area (Å²) in [7, 11) is 0. The second kappa shape index (κ2) is 6.02. The Bertz CT molecular complexity index is 428. The molecule has 19 heavy (non-hydrogen) atoms.